The minimum absolute atomic E-state index is 0.00398. The lowest BCUT2D eigenvalue weighted by Crippen LogP contribution is -2.45. The van der Waals surface area contributed by atoms with Gasteiger partial charge in [0.15, 0.2) is 0 Å². The van der Waals surface area contributed by atoms with Gasteiger partial charge in [0.2, 0.25) is 5.91 Å². The lowest BCUT2D eigenvalue weighted by molar-refractivity contribution is -0.870. The summed E-state index contributed by atoms with van der Waals surface area (Å²) in [6.07, 6.45) is 50.9. The highest BCUT2D eigenvalue weighted by molar-refractivity contribution is 7.45. The zero-order chi connectivity index (χ0) is 43.6. The topological polar surface area (TPSA) is 108 Å². The Kier molecular flexibility index (Phi) is 41.6. The van der Waals surface area contributed by atoms with Gasteiger partial charge in [-0.3, -0.25) is 9.36 Å². The van der Waals surface area contributed by atoms with Gasteiger partial charge in [0, 0.05) is 6.42 Å². The van der Waals surface area contributed by atoms with E-state index in [0.29, 0.717) is 17.4 Å². The number of carbonyl (C=O) groups is 1. The molecule has 0 aromatic heterocycles. The Hall–Kier alpha value is -1.02. The van der Waals surface area contributed by atoms with Crippen LogP contribution in [0.1, 0.15) is 239 Å². The predicted molar refractivity (Wildman–Crippen MR) is 252 cm³/mol. The first-order valence-corrected chi connectivity index (χ1v) is 26.7. The number of nitrogens with zero attached hydrogens (tertiary/aromatic N) is 1. The van der Waals surface area contributed by atoms with Crippen LogP contribution in [-0.4, -0.2) is 68.5 Å². The van der Waals surface area contributed by atoms with Crippen LogP contribution in [0.25, 0.3) is 0 Å². The SMILES string of the molecule is CCCCCCCCCCCCCC/C=C/CC/C=C/C(O)C(COP(=O)([O-])OCC[N+](C)(C)C)NC(=O)CCCCCCCCCCCCCCCCCCCCC. The summed E-state index contributed by atoms with van der Waals surface area (Å²) in [5.74, 6) is -0.203. The molecule has 0 bridgehead atoms. The monoisotopic (exact) mass is 855 g/mol. The maximum atomic E-state index is 12.9. The molecule has 8 nitrogen and oxygen atoms in total. The number of phosphoric ester groups is 1. The Balaban J connectivity index is 4.35. The molecule has 0 radical (unpaired) electrons. The number of hydrogen-bond donors (Lipinski definition) is 2. The number of phosphoric acid groups is 1. The zero-order valence-electron chi connectivity index (χ0n) is 39.7. The summed E-state index contributed by atoms with van der Waals surface area (Å²) in [4.78, 5) is 25.4. The van der Waals surface area contributed by atoms with Gasteiger partial charge in [0.05, 0.1) is 39.9 Å². The lowest BCUT2D eigenvalue weighted by atomic mass is 10.0. The van der Waals surface area contributed by atoms with E-state index in [-0.39, 0.29) is 19.1 Å². The minimum Gasteiger partial charge on any atom is -0.756 e. The van der Waals surface area contributed by atoms with Crippen LogP contribution in [0.4, 0.5) is 0 Å². The molecule has 0 aromatic carbocycles. The number of nitrogens with one attached hydrogen (secondary N) is 1. The van der Waals surface area contributed by atoms with Gasteiger partial charge >= 0.3 is 0 Å². The first-order valence-electron chi connectivity index (χ1n) is 25.2. The van der Waals surface area contributed by atoms with Crippen molar-refractivity contribution >= 4 is 13.7 Å². The van der Waals surface area contributed by atoms with Crippen molar-refractivity contribution in [2.45, 2.75) is 251 Å². The Morgan fingerprint density at radius 2 is 0.949 bits per heavy atom. The Morgan fingerprint density at radius 3 is 1.37 bits per heavy atom. The van der Waals surface area contributed by atoms with Crippen molar-refractivity contribution in [3.05, 3.63) is 24.3 Å². The highest BCUT2D eigenvalue weighted by atomic mass is 31.2. The van der Waals surface area contributed by atoms with Crippen molar-refractivity contribution in [3.63, 3.8) is 0 Å². The summed E-state index contributed by atoms with van der Waals surface area (Å²) in [5, 5.41) is 13.8. The molecule has 0 saturated carbocycles. The number of unbranched alkanes of at least 4 members (excludes halogenated alkanes) is 31. The Labute approximate surface area is 366 Å². The molecule has 59 heavy (non-hydrogen) atoms. The molecule has 0 aliphatic rings. The summed E-state index contributed by atoms with van der Waals surface area (Å²) in [7, 11) is 1.25. The second-order valence-electron chi connectivity index (χ2n) is 18.5. The van der Waals surface area contributed by atoms with Crippen molar-refractivity contribution in [2.24, 2.45) is 0 Å². The summed E-state index contributed by atoms with van der Waals surface area (Å²) < 4.78 is 23.3. The maximum absolute atomic E-state index is 12.9. The smallest absolute Gasteiger partial charge is 0.268 e. The van der Waals surface area contributed by atoms with Gasteiger partial charge in [-0.05, 0) is 32.1 Å². The van der Waals surface area contributed by atoms with E-state index in [1.807, 2.05) is 27.2 Å². The van der Waals surface area contributed by atoms with Crippen molar-refractivity contribution in [1.82, 2.24) is 5.32 Å². The third-order valence-corrected chi connectivity index (χ3v) is 12.4. The first kappa shape index (κ1) is 58.0. The van der Waals surface area contributed by atoms with Crippen LogP contribution in [0, 0.1) is 0 Å². The third-order valence-electron chi connectivity index (χ3n) is 11.4. The van der Waals surface area contributed by atoms with Crippen LogP contribution in [0.2, 0.25) is 0 Å². The van der Waals surface area contributed by atoms with Gasteiger partial charge in [-0.15, -0.1) is 0 Å². The van der Waals surface area contributed by atoms with E-state index in [4.69, 9.17) is 9.05 Å². The average Bonchev–Trinajstić information content (AvgIpc) is 3.19. The van der Waals surface area contributed by atoms with E-state index in [9.17, 15) is 19.4 Å². The minimum atomic E-state index is -4.60. The van der Waals surface area contributed by atoms with Crippen LogP contribution >= 0.6 is 7.82 Å². The molecule has 9 heteroatoms. The van der Waals surface area contributed by atoms with E-state index in [0.717, 1.165) is 38.5 Å². The summed E-state index contributed by atoms with van der Waals surface area (Å²) in [6.45, 7) is 4.65. The van der Waals surface area contributed by atoms with Crippen molar-refractivity contribution in [3.8, 4) is 0 Å². The molecule has 0 aliphatic carbocycles. The largest absolute Gasteiger partial charge is 0.756 e. The second-order valence-corrected chi connectivity index (χ2v) is 19.9. The van der Waals surface area contributed by atoms with E-state index in [1.165, 1.54) is 180 Å². The fourth-order valence-electron chi connectivity index (χ4n) is 7.41. The van der Waals surface area contributed by atoms with Crippen molar-refractivity contribution in [2.75, 3.05) is 40.9 Å². The molecule has 0 rings (SSSR count). The molecule has 3 unspecified atom stereocenters. The molecule has 0 spiro atoms. The number of rotatable bonds is 46. The summed E-state index contributed by atoms with van der Waals surface area (Å²) >= 11 is 0. The molecule has 1 amide bonds. The highest BCUT2D eigenvalue weighted by Gasteiger charge is 2.23. The molecule has 3 atom stereocenters. The number of allylic oxidation sites excluding steroid dienone is 3. The lowest BCUT2D eigenvalue weighted by Gasteiger charge is -2.29. The van der Waals surface area contributed by atoms with Crippen LogP contribution in [-0.2, 0) is 18.4 Å². The quantitative estimate of drug-likeness (QED) is 0.0273. The molecule has 350 valence electrons. The van der Waals surface area contributed by atoms with Crippen LogP contribution in [0.15, 0.2) is 24.3 Å². The van der Waals surface area contributed by atoms with Gasteiger partial charge in [-0.1, -0.05) is 224 Å². The number of aliphatic hydroxyl groups is 1. The number of hydrogen-bond acceptors (Lipinski definition) is 6. The fraction of sp³-hybridized carbons (Fsp3) is 0.900. The van der Waals surface area contributed by atoms with Crippen LogP contribution < -0.4 is 10.2 Å². The van der Waals surface area contributed by atoms with Gasteiger partial charge in [0.25, 0.3) is 7.82 Å². The van der Waals surface area contributed by atoms with E-state index in [2.05, 4.69) is 31.3 Å². The molecule has 2 N–H and O–H groups in total. The Morgan fingerprint density at radius 1 is 0.576 bits per heavy atom. The zero-order valence-corrected chi connectivity index (χ0v) is 40.6. The van der Waals surface area contributed by atoms with E-state index < -0.39 is 20.0 Å². The van der Waals surface area contributed by atoms with Gasteiger partial charge in [-0.25, -0.2) is 0 Å². The number of quaternary nitrogens is 1. The van der Waals surface area contributed by atoms with Crippen molar-refractivity contribution < 1.29 is 32.9 Å². The number of aliphatic hydroxyl groups excluding tert-OH is 1. The molecule has 0 aliphatic heterocycles. The summed E-state index contributed by atoms with van der Waals surface area (Å²) in [6, 6.07) is -0.898. The average molecular weight is 855 g/mol. The maximum Gasteiger partial charge on any atom is 0.268 e. The third kappa shape index (κ3) is 44.8. The molecule has 0 saturated heterocycles. The number of amides is 1. The Bertz CT molecular complexity index is 1020. The fourth-order valence-corrected chi connectivity index (χ4v) is 8.13. The molecule has 0 heterocycles. The van der Waals surface area contributed by atoms with Gasteiger partial charge in [0.1, 0.15) is 13.2 Å². The van der Waals surface area contributed by atoms with Crippen molar-refractivity contribution in [1.29, 1.82) is 0 Å². The van der Waals surface area contributed by atoms with Crippen LogP contribution in [0.3, 0.4) is 0 Å². The summed E-state index contributed by atoms with van der Waals surface area (Å²) in [5.41, 5.74) is 0. The van der Waals surface area contributed by atoms with Crippen LogP contribution in [0.5, 0.6) is 0 Å². The van der Waals surface area contributed by atoms with Gasteiger partial charge < -0.3 is 28.8 Å². The second kappa shape index (κ2) is 42.3. The van der Waals surface area contributed by atoms with Gasteiger partial charge in [-0.2, -0.15) is 0 Å². The highest BCUT2D eigenvalue weighted by Crippen LogP contribution is 2.38. The predicted octanol–water partition coefficient (Wildman–Crippen LogP) is 13.8. The normalized spacial score (nSPS) is 14.4. The van der Waals surface area contributed by atoms with E-state index >= 15 is 0 Å². The molecule has 0 fully saturated rings. The van der Waals surface area contributed by atoms with E-state index in [1.54, 1.807) is 6.08 Å². The standard InChI is InChI=1S/C50H99N2O6P/c1-6-8-10-12-14-16-18-20-22-24-26-28-30-32-34-36-38-40-42-44-50(54)51-48(47-58-59(55,56)57-46-45-52(3,4)5)49(53)43-41-39-37-35-33-31-29-27-25-23-21-19-17-15-13-11-9-7-2/h33,35,41,43,48-49,53H,6-32,34,36-40,42,44-47H2,1-5H3,(H-,51,54,55,56)/b35-33+,43-41+. The number of carbonyl (C=O) groups excluding carboxylic acids is 1. The number of likely N-dealkylation sites (N-methyl/N-ethyl adjacent to an activating group) is 1. The molecular weight excluding hydrogens is 756 g/mol. The molecule has 0 aromatic rings. The first-order chi connectivity index (χ1) is 28.5. The molecular formula is C50H99N2O6P.